The normalized spacial score (nSPS) is 16.5. The number of carbonyl (C=O) groups excluding carboxylic acids is 1. The predicted octanol–water partition coefficient (Wildman–Crippen LogP) is 5.27. The summed E-state index contributed by atoms with van der Waals surface area (Å²) < 4.78 is 23.0. The van der Waals surface area contributed by atoms with Crippen LogP contribution in [0.25, 0.3) is 0 Å². The number of rotatable bonds is 9. The van der Waals surface area contributed by atoms with Crippen molar-refractivity contribution in [2.75, 3.05) is 13.2 Å². The lowest BCUT2D eigenvalue weighted by atomic mass is 9.74. The lowest BCUT2D eigenvalue weighted by Gasteiger charge is -2.34. The fourth-order valence-electron chi connectivity index (χ4n) is 5.32. The molecule has 0 amide bonds. The molecule has 11 heteroatoms. The number of phenols is 1. The highest BCUT2D eigenvalue weighted by Crippen LogP contribution is 2.52. The van der Waals surface area contributed by atoms with E-state index in [1.807, 2.05) is 65.8 Å². The molecule has 0 saturated heterocycles. The number of hydrogen-bond donors (Lipinski definition) is 6. The highest BCUT2D eigenvalue weighted by atomic mass is 31.2. The van der Waals surface area contributed by atoms with Gasteiger partial charge in [-0.25, -0.2) is 9.36 Å². The number of nitrogens with two attached hydrogens (primary N) is 1. The van der Waals surface area contributed by atoms with Gasteiger partial charge in [0.15, 0.2) is 5.60 Å². The first-order chi connectivity index (χ1) is 20.4. The minimum atomic E-state index is -4.80. The van der Waals surface area contributed by atoms with Crippen LogP contribution in [0.2, 0.25) is 0 Å². The first-order valence-electron chi connectivity index (χ1n) is 14.5. The lowest BCUT2D eigenvalue weighted by molar-refractivity contribution is 0.0247. The third-order valence-corrected chi connectivity index (χ3v) is 8.49. The molecule has 1 aliphatic rings. The number of phenolic OH excluding ortho intramolecular Hbond substituents is 1. The maximum atomic E-state index is 13.2. The van der Waals surface area contributed by atoms with Gasteiger partial charge in [0.2, 0.25) is 0 Å². The van der Waals surface area contributed by atoms with E-state index >= 15 is 0 Å². The number of ether oxygens (including phenoxy) is 1. The van der Waals surface area contributed by atoms with Gasteiger partial charge in [0.05, 0.1) is 24.3 Å². The highest BCUT2D eigenvalue weighted by Gasteiger charge is 2.50. The molecule has 0 radical (unpaired) electrons. The molecule has 3 aromatic carbocycles. The number of hydrogen-bond acceptors (Lipinski definition) is 8. The molecule has 0 saturated carbocycles. The Morgan fingerprint density at radius 3 is 1.91 bits per heavy atom. The molecule has 240 valence electrons. The van der Waals surface area contributed by atoms with Gasteiger partial charge >= 0.3 is 13.8 Å². The Balaban J connectivity index is 0.000000583. The maximum absolute atomic E-state index is 13.2. The van der Waals surface area contributed by atoms with Crippen LogP contribution >= 0.6 is 7.82 Å². The van der Waals surface area contributed by atoms with Gasteiger partial charge in [-0.15, -0.1) is 0 Å². The fraction of sp³-hybridized carbons (Fsp3) is 0.424. The van der Waals surface area contributed by atoms with E-state index in [1.54, 1.807) is 31.2 Å². The average Bonchev–Trinajstić information content (AvgIpc) is 3.24. The van der Waals surface area contributed by atoms with Crippen molar-refractivity contribution < 1.29 is 43.7 Å². The summed E-state index contributed by atoms with van der Waals surface area (Å²) in [7, 11) is -4.80. The number of aromatic hydroxyl groups is 1. The Hall–Kier alpha value is -3.24. The molecule has 10 nitrogen and oxygen atoms in total. The van der Waals surface area contributed by atoms with Gasteiger partial charge in [0.25, 0.3) is 0 Å². The zero-order valence-electron chi connectivity index (χ0n) is 26.3. The van der Waals surface area contributed by atoms with Crippen molar-refractivity contribution in [1.29, 1.82) is 0 Å². The molecule has 0 aliphatic carbocycles. The van der Waals surface area contributed by atoms with E-state index in [0.29, 0.717) is 39.8 Å². The molecule has 44 heavy (non-hydrogen) atoms. The molecular weight excluding hydrogens is 585 g/mol. The lowest BCUT2D eigenvalue weighted by Crippen LogP contribution is -2.46. The summed E-state index contributed by atoms with van der Waals surface area (Å²) in [4.78, 5) is 32.2. The maximum Gasteiger partial charge on any atom is 0.524 e. The van der Waals surface area contributed by atoms with Gasteiger partial charge in [-0.3, -0.25) is 9.79 Å². The van der Waals surface area contributed by atoms with Crippen molar-refractivity contribution in [2.24, 2.45) is 5.73 Å². The molecule has 4 rings (SSSR count). The molecule has 0 bridgehead atoms. The Labute approximate surface area is 258 Å². The van der Waals surface area contributed by atoms with Crippen molar-refractivity contribution in [3.05, 3.63) is 93.0 Å². The number of aliphatic hydroxyl groups excluding tert-OH is 2. The van der Waals surface area contributed by atoms with Crippen LogP contribution < -0.4 is 10.3 Å². The van der Waals surface area contributed by atoms with Crippen molar-refractivity contribution in [3.8, 4) is 11.5 Å². The second kappa shape index (κ2) is 13.4. The molecule has 1 atom stereocenters. The van der Waals surface area contributed by atoms with E-state index in [0.717, 1.165) is 11.1 Å². The van der Waals surface area contributed by atoms with Crippen LogP contribution in [0.15, 0.2) is 48.5 Å². The number of aryl methyl sites for hydroxylation is 2. The standard InChI is InChI=1S/C28H31O7P.C5H13NO2/c1-15(2)20-13-23(17(5)11-25(20)29)28(22-10-8-7-9-19(22)27(30)34-28)24-14-21(16(3)4)26(12-18(24)6)35-36(31,32)33;1-2-5(6,3-7)4-8/h7-16,29H,1-6H3,(H2,31,32,33);7-8H,2-4,6H2,1H3. The third-order valence-electron chi connectivity index (χ3n) is 8.06. The van der Waals surface area contributed by atoms with E-state index in [4.69, 9.17) is 25.2 Å². The van der Waals surface area contributed by atoms with E-state index in [-0.39, 0.29) is 36.5 Å². The van der Waals surface area contributed by atoms with Gasteiger partial charge in [0.1, 0.15) is 11.5 Å². The number of fused-ring (bicyclic) bond motifs is 1. The second-order valence-corrected chi connectivity index (χ2v) is 13.1. The molecule has 0 fully saturated rings. The summed E-state index contributed by atoms with van der Waals surface area (Å²) in [5, 5.41) is 27.6. The Morgan fingerprint density at radius 1 is 0.909 bits per heavy atom. The summed E-state index contributed by atoms with van der Waals surface area (Å²) in [5.41, 5.74) is 8.44. The second-order valence-electron chi connectivity index (χ2n) is 12.0. The van der Waals surface area contributed by atoms with Crippen molar-refractivity contribution in [2.45, 2.75) is 77.9 Å². The Bertz CT molecular complexity index is 1550. The van der Waals surface area contributed by atoms with Crippen LogP contribution in [-0.4, -0.2) is 49.8 Å². The van der Waals surface area contributed by atoms with Gasteiger partial charge < -0.3 is 30.3 Å². The number of benzene rings is 3. The topological polar surface area (TPSA) is 180 Å². The number of esters is 1. The van der Waals surface area contributed by atoms with E-state index in [1.165, 1.54) is 0 Å². The molecular formula is C33H44NO9P. The summed E-state index contributed by atoms with van der Waals surface area (Å²) >= 11 is 0. The van der Waals surface area contributed by atoms with Gasteiger partial charge in [0, 0.05) is 16.7 Å². The monoisotopic (exact) mass is 629 g/mol. The smallest absolute Gasteiger partial charge is 0.508 e. The molecule has 1 unspecified atom stereocenters. The SMILES string of the molecule is CCC(N)(CO)CO.Cc1cc(O)c(C(C)C)cc1C1(c2cc(C(C)C)c(OP(=O)(O)O)cc2C)OC(=O)c2ccccc21. The van der Waals surface area contributed by atoms with Crippen LogP contribution in [0.3, 0.4) is 0 Å². The molecule has 1 heterocycles. The van der Waals surface area contributed by atoms with E-state index in [2.05, 4.69) is 0 Å². The fourth-order valence-corrected chi connectivity index (χ4v) is 5.74. The van der Waals surface area contributed by atoms with E-state index < -0.39 is 24.9 Å². The molecule has 7 N–H and O–H groups in total. The number of phosphoric acid groups is 1. The first kappa shape index (κ1) is 35.2. The Kier molecular flexibility index (Phi) is 10.7. The van der Waals surface area contributed by atoms with Crippen molar-refractivity contribution in [3.63, 3.8) is 0 Å². The zero-order chi connectivity index (χ0) is 33.2. The molecule has 1 aliphatic heterocycles. The average molecular weight is 630 g/mol. The minimum Gasteiger partial charge on any atom is -0.508 e. The molecule has 0 aromatic heterocycles. The van der Waals surface area contributed by atoms with Crippen LogP contribution in [-0.2, 0) is 14.9 Å². The number of carbonyl (C=O) groups is 1. The zero-order valence-corrected chi connectivity index (χ0v) is 27.2. The van der Waals surface area contributed by atoms with E-state index in [9.17, 15) is 24.3 Å². The molecule has 0 spiro atoms. The predicted molar refractivity (Wildman–Crippen MR) is 168 cm³/mol. The quantitative estimate of drug-likeness (QED) is 0.135. The minimum absolute atomic E-state index is 0.0140. The number of cyclic esters (lactones) is 1. The third kappa shape index (κ3) is 7.01. The van der Waals surface area contributed by atoms with Gasteiger partial charge in [-0.2, -0.15) is 0 Å². The summed E-state index contributed by atoms with van der Waals surface area (Å²) in [6, 6.07) is 14.2. The summed E-state index contributed by atoms with van der Waals surface area (Å²) in [6.45, 7) is 12.9. The van der Waals surface area contributed by atoms with Crippen LogP contribution in [0.5, 0.6) is 11.5 Å². The molecule has 3 aromatic rings. The van der Waals surface area contributed by atoms with Crippen LogP contribution in [0.1, 0.15) is 102 Å². The van der Waals surface area contributed by atoms with Crippen LogP contribution in [0, 0.1) is 13.8 Å². The van der Waals surface area contributed by atoms with Gasteiger partial charge in [-0.1, -0.05) is 52.8 Å². The Morgan fingerprint density at radius 2 is 1.43 bits per heavy atom. The van der Waals surface area contributed by atoms with Crippen LogP contribution in [0.4, 0.5) is 0 Å². The highest BCUT2D eigenvalue weighted by molar-refractivity contribution is 7.46. The largest absolute Gasteiger partial charge is 0.524 e. The van der Waals surface area contributed by atoms with Crippen molar-refractivity contribution >= 4 is 13.8 Å². The summed E-state index contributed by atoms with van der Waals surface area (Å²) in [6.07, 6.45) is 0.597. The summed E-state index contributed by atoms with van der Waals surface area (Å²) in [5.74, 6) is -0.352. The number of phosphoric ester groups is 1. The van der Waals surface area contributed by atoms with Gasteiger partial charge in [-0.05, 0) is 84.7 Å². The van der Waals surface area contributed by atoms with Crippen molar-refractivity contribution in [1.82, 2.24) is 0 Å². The first-order valence-corrected chi connectivity index (χ1v) is 16.0. The number of aliphatic hydroxyl groups is 2.